The van der Waals surface area contributed by atoms with Gasteiger partial charge in [0, 0.05) is 23.6 Å². The van der Waals surface area contributed by atoms with E-state index in [1.54, 1.807) is 6.20 Å². The molecule has 0 spiro atoms. The Hall–Kier alpha value is -2.35. The maximum atomic E-state index is 6.04. The van der Waals surface area contributed by atoms with Crippen LogP contribution in [0.1, 0.15) is 5.56 Å². The van der Waals surface area contributed by atoms with Crippen molar-refractivity contribution in [3.63, 3.8) is 0 Å². The average molecular weight is 234 g/mol. The number of nitrogen functional groups attached to an aromatic ring is 1. The number of benzene rings is 2. The normalized spacial score (nSPS) is 10.7. The summed E-state index contributed by atoms with van der Waals surface area (Å²) in [4.78, 5) is 4.17. The van der Waals surface area contributed by atoms with Gasteiger partial charge in [0.05, 0.1) is 0 Å². The van der Waals surface area contributed by atoms with E-state index in [0.717, 1.165) is 16.8 Å². The first kappa shape index (κ1) is 10.8. The van der Waals surface area contributed by atoms with Gasteiger partial charge in [-0.2, -0.15) is 0 Å². The van der Waals surface area contributed by atoms with Crippen molar-refractivity contribution in [2.24, 2.45) is 0 Å². The number of anilines is 1. The molecule has 3 rings (SSSR count). The fraction of sp³-hybridized carbons (Fsp3) is 0.0625. The van der Waals surface area contributed by atoms with Crippen molar-refractivity contribution >= 4 is 16.5 Å². The maximum absolute atomic E-state index is 6.04. The summed E-state index contributed by atoms with van der Waals surface area (Å²) in [6.07, 6.45) is 3.54. The van der Waals surface area contributed by atoms with Crippen LogP contribution >= 0.6 is 0 Å². The number of nitrogens with two attached hydrogens (primary N) is 1. The van der Waals surface area contributed by atoms with E-state index in [-0.39, 0.29) is 0 Å². The minimum absolute atomic E-state index is 0.763. The van der Waals surface area contributed by atoms with Gasteiger partial charge in [0.1, 0.15) is 0 Å². The highest BCUT2D eigenvalue weighted by molar-refractivity contribution is 6.00. The van der Waals surface area contributed by atoms with E-state index in [9.17, 15) is 0 Å². The summed E-state index contributed by atoms with van der Waals surface area (Å²) in [6.45, 7) is 2.12. The summed E-state index contributed by atoms with van der Waals surface area (Å²) in [5, 5.41) is 2.48. The van der Waals surface area contributed by atoms with Gasteiger partial charge in [-0.3, -0.25) is 4.98 Å². The Morgan fingerprint density at radius 1 is 0.889 bits per heavy atom. The highest BCUT2D eigenvalue weighted by Gasteiger charge is 2.07. The Kier molecular flexibility index (Phi) is 2.49. The second-order valence-electron chi connectivity index (χ2n) is 4.44. The molecule has 0 atom stereocenters. The molecule has 0 unspecified atom stereocenters. The van der Waals surface area contributed by atoms with E-state index < -0.39 is 0 Å². The quantitative estimate of drug-likeness (QED) is 0.695. The smallest absolute Gasteiger partial charge is 0.0425 e. The molecular weight excluding hydrogens is 220 g/mol. The van der Waals surface area contributed by atoms with Crippen molar-refractivity contribution in [1.82, 2.24) is 4.98 Å². The summed E-state index contributed by atoms with van der Waals surface area (Å²) in [5.41, 5.74) is 10.2. The van der Waals surface area contributed by atoms with Crippen molar-refractivity contribution in [3.05, 3.63) is 60.4 Å². The molecule has 3 aromatic rings. The lowest BCUT2D eigenvalue weighted by molar-refractivity contribution is 1.33. The summed E-state index contributed by atoms with van der Waals surface area (Å²) in [7, 11) is 0. The van der Waals surface area contributed by atoms with Gasteiger partial charge in [-0.25, -0.2) is 0 Å². The molecule has 0 bridgehead atoms. The Bertz CT molecular complexity index is 717. The first-order chi connectivity index (χ1) is 8.77. The molecule has 0 saturated carbocycles. The molecule has 0 aliphatic rings. The van der Waals surface area contributed by atoms with Crippen molar-refractivity contribution in [1.29, 1.82) is 0 Å². The molecule has 88 valence electrons. The van der Waals surface area contributed by atoms with E-state index >= 15 is 0 Å². The summed E-state index contributed by atoms with van der Waals surface area (Å²) in [6, 6.07) is 14.5. The molecule has 0 radical (unpaired) electrons. The third kappa shape index (κ3) is 1.63. The van der Waals surface area contributed by atoms with Crippen molar-refractivity contribution in [3.8, 4) is 11.1 Å². The molecule has 2 heteroatoms. The van der Waals surface area contributed by atoms with E-state index in [1.165, 1.54) is 16.3 Å². The summed E-state index contributed by atoms with van der Waals surface area (Å²) in [5.74, 6) is 0. The van der Waals surface area contributed by atoms with Crippen LogP contribution in [0.5, 0.6) is 0 Å². The fourth-order valence-electron chi connectivity index (χ4n) is 2.31. The minimum Gasteiger partial charge on any atom is -0.398 e. The lowest BCUT2D eigenvalue weighted by atomic mass is 9.96. The molecule has 2 nitrogen and oxygen atoms in total. The Labute approximate surface area is 106 Å². The summed E-state index contributed by atoms with van der Waals surface area (Å²) < 4.78 is 0. The van der Waals surface area contributed by atoms with Gasteiger partial charge < -0.3 is 5.73 Å². The largest absolute Gasteiger partial charge is 0.398 e. The molecule has 0 aliphatic carbocycles. The van der Waals surface area contributed by atoms with Gasteiger partial charge in [0.15, 0.2) is 0 Å². The van der Waals surface area contributed by atoms with Crippen LogP contribution in [-0.2, 0) is 0 Å². The molecule has 18 heavy (non-hydrogen) atoms. The zero-order valence-corrected chi connectivity index (χ0v) is 10.2. The van der Waals surface area contributed by atoms with Crippen molar-refractivity contribution < 1.29 is 0 Å². The second-order valence-corrected chi connectivity index (χ2v) is 4.44. The topological polar surface area (TPSA) is 38.9 Å². The molecule has 2 N–H and O–H groups in total. The van der Waals surface area contributed by atoms with Gasteiger partial charge in [0.25, 0.3) is 0 Å². The molecule has 1 heterocycles. The molecule has 0 amide bonds. The number of aromatic nitrogens is 1. The van der Waals surface area contributed by atoms with Crippen LogP contribution in [0.25, 0.3) is 21.9 Å². The standard InChI is InChI=1S/C16H14N2/c1-11-6-7-14(13-5-3-2-4-12(11)13)15-10-18-9-8-16(15)17/h2-10H,1H3,(H2,17,18). The Morgan fingerprint density at radius 2 is 1.67 bits per heavy atom. The molecule has 0 fully saturated rings. The maximum Gasteiger partial charge on any atom is 0.0425 e. The molecule has 0 aliphatic heterocycles. The van der Waals surface area contributed by atoms with E-state index in [0.29, 0.717) is 0 Å². The van der Waals surface area contributed by atoms with Gasteiger partial charge >= 0.3 is 0 Å². The van der Waals surface area contributed by atoms with Crippen molar-refractivity contribution in [2.75, 3.05) is 5.73 Å². The summed E-state index contributed by atoms with van der Waals surface area (Å²) >= 11 is 0. The third-order valence-corrected chi connectivity index (χ3v) is 3.29. The lowest BCUT2D eigenvalue weighted by Crippen LogP contribution is -1.92. The van der Waals surface area contributed by atoms with Crippen LogP contribution in [0.4, 0.5) is 5.69 Å². The molecular formula is C16H14N2. The number of pyridine rings is 1. The highest BCUT2D eigenvalue weighted by atomic mass is 14.7. The van der Waals surface area contributed by atoms with Crippen LogP contribution in [-0.4, -0.2) is 4.98 Å². The third-order valence-electron chi connectivity index (χ3n) is 3.29. The monoisotopic (exact) mass is 234 g/mol. The zero-order valence-electron chi connectivity index (χ0n) is 10.2. The number of rotatable bonds is 1. The van der Waals surface area contributed by atoms with Crippen LogP contribution in [0, 0.1) is 6.92 Å². The van der Waals surface area contributed by atoms with Gasteiger partial charge in [-0.1, -0.05) is 36.4 Å². The molecule has 1 aromatic heterocycles. The molecule has 2 aromatic carbocycles. The van der Waals surface area contributed by atoms with Gasteiger partial charge in [0.2, 0.25) is 0 Å². The number of hydrogen-bond acceptors (Lipinski definition) is 2. The van der Waals surface area contributed by atoms with Crippen LogP contribution < -0.4 is 5.73 Å². The van der Waals surface area contributed by atoms with Crippen LogP contribution in [0.15, 0.2) is 54.9 Å². The van der Waals surface area contributed by atoms with Crippen LogP contribution in [0.2, 0.25) is 0 Å². The van der Waals surface area contributed by atoms with Crippen LogP contribution in [0.3, 0.4) is 0 Å². The lowest BCUT2D eigenvalue weighted by Gasteiger charge is -2.10. The minimum atomic E-state index is 0.763. The van der Waals surface area contributed by atoms with E-state index in [4.69, 9.17) is 5.73 Å². The second kappa shape index (κ2) is 4.15. The van der Waals surface area contributed by atoms with Gasteiger partial charge in [-0.05, 0) is 34.9 Å². The predicted octanol–water partition coefficient (Wildman–Crippen LogP) is 3.79. The first-order valence-electron chi connectivity index (χ1n) is 5.95. The molecule has 0 saturated heterocycles. The number of hydrogen-bond donors (Lipinski definition) is 1. The van der Waals surface area contributed by atoms with Gasteiger partial charge in [-0.15, -0.1) is 0 Å². The SMILES string of the molecule is Cc1ccc(-c2cnccc2N)c2ccccc12. The predicted molar refractivity (Wildman–Crippen MR) is 76.3 cm³/mol. The fourth-order valence-corrected chi connectivity index (χ4v) is 2.31. The Balaban J connectivity index is 2.38. The Morgan fingerprint density at radius 3 is 2.44 bits per heavy atom. The highest BCUT2D eigenvalue weighted by Crippen LogP contribution is 2.32. The number of fused-ring (bicyclic) bond motifs is 1. The number of nitrogens with zero attached hydrogens (tertiary/aromatic N) is 1. The first-order valence-corrected chi connectivity index (χ1v) is 5.95. The van der Waals surface area contributed by atoms with E-state index in [2.05, 4.69) is 48.3 Å². The van der Waals surface area contributed by atoms with E-state index in [1.807, 2.05) is 12.3 Å². The zero-order chi connectivity index (χ0) is 12.5. The average Bonchev–Trinajstić information content (AvgIpc) is 2.41. The van der Waals surface area contributed by atoms with Crippen molar-refractivity contribution in [2.45, 2.75) is 6.92 Å². The number of aryl methyl sites for hydroxylation is 1.